The van der Waals surface area contributed by atoms with Crippen LogP contribution in [0.3, 0.4) is 0 Å². The molecule has 1 heterocycles. The van der Waals surface area contributed by atoms with E-state index in [0.29, 0.717) is 0 Å². The number of halogens is 1. The van der Waals surface area contributed by atoms with Gasteiger partial charge in [-0.1, -0.05) is 0 Å². The Bertz CT molecular complexity index is 173. The molecule has 0 bridgehead atoms. The number of hydrogen-bond donors (Lipinski definition) is 0. The molecule has 0 amide bonds. The fourth-order valence-corrected chi connectivity index (χ4v) is 2.09. The van der Waals surface area contributed by atoms with Crippen LogP contribution in [0.15, 0.2) is 10.8 Å². The summed E-state index contributed by atoms with van der Waals surface area (Å²) < 4.78 is 6.18. The standard InChI is InChI=1S/C5H5IOS/c1-7-5-3-8-2-4(5)6/h2-3H,1H3. The van der Waals surface area contributed by atoms with E-state index in [1.165, 1.54) is 3.57 Å². The molecule has 8 heavy (non-hydrogen) atoms. The van der Waals surface area contributed by atoms with Gasteiger partial charge in [-0.25, -0.2) is 0 Å². The molecule has 1 nitrogen and oxygen atoms in total. The van der Waals surface area contributed by atoms with Crippen molar-refractivity contribution < 1.29 is 4.74 Å². The molecular weight excluding hydrogens is 235 g/mol. The maximum atomic E-state index is 4.99. The third-order valence-electron chi connectivity index (χ3n) is 0.802. The van der Waals surface area contributed by atoms with Crippen LogP contribution in [0.25, 0.3) is 0 Å². The molecule has 1 aromatic rings. The lowest BCUT2D eigenvalue weighted by Crippen LogP contribution is -1.79. The summed E-state index contributed by atoms with van der Waals surface area (Å²) in [6.45, 7) is 0. The molecule has 0 aliphatic rings. The first-order valence-corrected chi connectivity index (χ1v) is 4.12. The van der Waals surface area contributed by atoms with E-state index in [0.717, 1.165) is 5.75 Å². The van der Waals surface area contributed by atoms with Crippen molar-refractivity contribution in [1.82, 2.24) is 0 Å². The van der Waals surface area contributed by atoms with Crippen LogP contribution in [-0.4, -0.2) is 7.11 Å². The molecule has 3 heteroatoms. The van der Waals surface area contributed by atoms with E-state index in [2.05, 4.69) is 28.0 Å². The smallest absolute Gasteiger partial charge is 0.142 e. The Kier molecular flexibility index (Phi) is 2.13. The predicted molar refractivity (Wildman–Crippen MR) is 43.6 cm³/mol. The summed E-state index contributed by atoms with van der Waals surface area (Å²) in [7, 11) is 1.68. The van der Waals surface area contributed by atoms with Gasteiger partial charge in [-0.2, -0.15) is 0 Å². The molecule has 0 unspecified atom stereocenters. The SMILES string of the molecule is COc1cscc1I. The van der Waals surface area contributed by atoms with Gasteiger partial charge < -0.3 is 4.74 Å². The summed E-state index contributed by atoms with van der Waals surface area (Å²) in [6.07, 6.45) is 0. The summed E-state index contributed by atoms with van der Waals surface area (Å²) in [6, 6.07) is 0. The van der Waals surface area contributed by atoms with Crippen molar-refractivity contribution in [3.05, 3.63) is 14.3 Å². The Morgan fingerprint density at radius 1 is 1.62 bits per heavy atom. The van der Waals surface area contributed by atoms with Crippen LogP contribution in [0.2, 0.25) is 0 Å². The van der Waals surface area contributed by atoms with Crippen LogP contribution in [0.1, 0.15) is 0 Å². The van der Waals surface area contributed by atoms with Crippen LogP contribution in [0.5, 0.6) is 5.75 Å². The second-order valence-corrected chi connectivity index (χ2v) is 3.19. The van der Waals surface area contributed by atoms with Gasteiger partial charge in [-0.15, -0.1) is 11.3 Å². The highest BCUT2D eigenvalue weighted by Crippen LogP contribution is 2.23. The van der Waals surface area contributed by atoms with E-state index in [1.807, 2.05) is 5.38 Å². The predicted octanol–water partition coefficient (Wildman–Crippen LogP) is 2.36. The number of hydrogen-bond acceptors (Lipinski definition) is 2. The molecule has 0 atom stereocenters. The minimum Gasteiger partial charge on any atom is -0.495 e. The number of ether oxygens (including phenoxy) is 1. The first-order valence-electron chi connectivity index (χ1n) is 2.10. The Hall–Kier alpha value is 0.230. The highest BCUT2D eigenvalue weighted by atomic mass is 127. The van der Waals surface area contributed by atoms with Crippen molar-refractivity contribution >= 4 is 33.9 Å². The van der Waals surface area contributed by atoms with E-state index in [4.69, 9.17) is 4.74 Å². The summed E-state index contributed by atoms with van der Waals surface area (Å²) in [5.41, 5.74) is 0. The Morgan fingerprint density at radius 2 is 2.38 bits per heavy atom. The van der Waals surface area contributed by atoms with Crippen LogP contribution in [0, 0.1) is 3.57 Å². The maximum absolute atomic E-state index is 4.99. The van der Waals surface area contributed by atoms with Gasteiger partial charge in [-0.05, 0) is 22.6 Å². The lowest BCUT2D eigenvalue weighted by molar-refractivity contribution is 0.414. The van der Waals surface area contributed by atoms with Crippen LogP contribution in [-0.2, 0) is 0 Å². The van der Waals surface area contributed by atoms with Crippen LogP contribution >= 0.6 is 33.9 Å². The lowest BCUT2D eigenvalue weighted by atomic mass is 10.6. The van der Waals surface area contributed by atoms with Gasteiger partial charge in [0.25, 0.3) is 0 Å². The summed E-state index contributed by atoms with van der Waals surface area (Å²) >= 11 is 3.90. The van der Waals surface area contributed by atoms with Crippen LogP contribution in [0.4, 0.5) is 0 Å². The Balaban J connectivity index is 2.92. The van der Waals surface area contributed by atoms with E-state index >= 15 is 0 Å². The van der Waals surface area contributed by atoms with Gasteiger partial charge in [0.2, 0.25) is 0 Å². The van der Waals surface area contributed by atoms with Crippen molar-refractivity contribution in [2.45, 2.75) is 0 Å². The van der Waals surface area contributed by atoms with Gasteiger partial charge in [0, 0.05) is 10.8 Å². The van der Waals surface area contributed by atoms with Crippen molar-refractivity contribution in [2.24, 2.45) is 0 Å². The fraction of sp³-hybridized carbons (Fsp3) is 0.200. The average molecular weight is 240 g/mol. The molecule has 0 aliphatic carbocycles. The monoisotopic (exact) mass is 240 g/mol. The highest BCUT2D eigenvalue weighted by molar-refractivity contribution is 14.1. The van der Waals surface area contributed by atoms with Gasteiger partial charge in [-0.3, -0.25) is 0 Å². The fourth-order valence-electron chi connectivity index (χ4n) is 0.416. The summed E-state index contributed by atoms with van der Waals surface area (Å²) in [5, 5.41) is 4.04. The van der Waals surface area contributed by atoms with Gasteiger partial charge >= 0.3 is 0 Å². The first kappa shape index (κ1) is 6.35. The van der Waals surface area contributed by atoms with E-state index in [-0.39, 0.29) is 0 Å². The molecule has 0 radical (unpaired) electrons. The van der Waals surface area contributed by atoms with Gasteiger partial charge in [0.05, 0.1) is 10.7 Å². The third kappa shape index (κ3) is 1.14. The quantitative estimate of drug-likeness (QED) is 0.684. The topological polar surface area (TPSA) is 9.23 Å². The largest absolute Gasteiger partial charge is 0.495 e. The third-order valence-corrected chi connectivity index (χ3v) is 2.79. The zero-order valence-corrected chi connectivity index (χ0v) is 7.32. The van der Waals surface area contributed by atoms with E-state index < -0.39 is 0 Å². The lowest BCUT2D eigenvalue weighted by Gasteiger charge is -1.91. The molecular formula is C5H5IOS. The molecule has 0 fully saturated rings. The van der Waals surface area contributed by atoms with Crippen molar-refractivity contribution in [1.29, 1.82) is 0 Å². The normalized spacial score (nSPS) is 9.25. The number of methoxy groups -OCH3 is 1. The Labute approximate surface area is 65.8 Å². The van der Waals surface area contributed by atoms with E-state index in [1.54, 1.807) is 18.4 Å². The molecule has 1 rings (SSSR count). The zero-order valence-electron chi connectivity index (χ0n) is 4.35. The maximum Gasteiger partial charge on any atom is 0.142 e. The van der Waals surface area contributed by atoms with Crippen LogP contribution < -0.4 is 4.74 Å². The molecule has 0 spiro atoms. The first-order chi connectivity index (χ1) is 3.84. The average Bonchev–Trinajstić information content (AvgIpc) is 2.14. The molecule has 1 aromatic heterocycles. The summed E-state index contributed by atoms with van der Waals surface area (Å²) in [4.78, 5) is 0. The van der Waals surface area contributed by atoms with Gasteiger partial charge in [0.1, 0.15) is 5.75 Å². The molecule has 0 saturated carbocycles. The molecule has 0 aromatic carbocycles. The van der Waals surface area contributed by atoms with Gasteiger partial charge in [0.15, 0.2) is 0 Å². The second kappa shape index (κ2) is 2.68. The van der Waals surface area contributed by atoms with Crippen molar-refractivity contribution in [3.63, 3.8) is 0 Å². The molecule has 44 valence electrons. The summed E-state index contributed by atoms with van der Waals surface area (Å²) in [5.74, 6) is 0.982. The van der Waals surface area contributed by atoms with Crippen molar-refractivity contribution in [3.8, 4) is 5.75 Å². The number of rotatable bonds is 1. The minimum absolute atomic E-state index is 0.982. The zero-order chi connectivity index (χ0) is 5.98. The molecule has 0 saturated heterocycles. The molecule has 0 N–H and O–H groups in total. The highest BCUT2D eigenvalue weighted by Gasteiger charge is 1.95. The Morgan fingerprint density at radius 3 is 2.62 bits per heavy atom. The van der Waals surface area contributed by atoms with E-state index in [9.17, 15) is 0 Å². The van der Waals surface area contributed by atoms with Crippen molar-refractivity contribution in [2.75, 3.05) is 7.11 Å². The molecule has 0 aliphatic heterocycles. The minimum atomic E-state index is 0.982. The second-order valence-electron chi connectivity index (χ2n) is 1.29. The number of thiophene rings is 1.